The fraction of sp³-hybridized carbons (Fsp3) is 0.357. The fourth-order valence-corrected chi connectivity index (χ4v) is 2.29. The van der Waals surface area contributed by atoms with E-state index in [1.54, 1.807) is 25.3 Å². The third-order valence-corrected chi connectivity index (χ3v) is 3.45. The Bertz CT molecular complexity index is 632. The first-order valence-electron chi connectivity index (χ1n) is 6.59. The van der Waals surface area contributed by atoms with Crippen LogP contribution in [0.25, 0.3) is 11.4 Å². The third-order valence-electron chi connectivity index (χ3n) is 3.05. The first-order valence-corrected chi connectivity index (χ1v) is 7.35. The molecule has 5 nitrogen and oxygen atoms in total. The lowest BCUT2D eigenvalue weighted by molar-refractivity contribution is 0.416. The zero-order chi connectivity index (χ0) is 15.4. The maximum absolute atomic E-state index is 6.05. The smallest absolute Gasteiger partial charge is 0.230 e. The molecule has 0 aliphatic heterocycles. The lowest BCUT2D eigenvalue weighted by Gasteiger charge is -2.19. The monoisotopic (exact) mass is 326 g/mol. The van der Waals surface area contributed by atoms with Gasteiger partial charge in [0.15, 0.2) is 5.82 Å². The van der Waals surface area contributed by atoms with E-state index >= 15 is 0 Å². The molecule has 0 saturated carbocycles. The van der Waals surface area contributed by atoms with Crippen molar-refractivity contribution in [2.24, 2.45) is 0 Å². The molecule has 7 heteroatoms. The number of methoxy groups -OCH3 is 1. The van der Waals surface area contributed by atoms with Crippen molar-refractivity contribution in [3.63, 3.8) is 0 Å². The number of halogens is 2. The van der Waals surface area contributed by atoms with Crippen molar-refractivity contribution in [3.05, 3.63) is 28.5 Å². The van der Waals surface area contributed by atoms with Gasteiger partial charge in [-0.05, 0) is 43.6 Å². The summed E-state index contributed by atoms with van der Waals surface area (Å²) in [6.45, 7) is 5.62. The summed E-state index contributed by atoms with van der Waals surface area (Å²) < 4.78 is 5.33. The van der Waals surface area contributed by atoms with Gasteiger partial charge in [0.05, 0.1) is 12.7 Å². The Labute approximate surface area is 133 Å². The quantitative estimate of drug-likeness (QED) is 0.838. The van der Waals surface area contributed by atoms with E-state index in [-0.39, 0.29) is 5.28 Å². The van der Waals surface area contributed by atoms with E-state index in [1.807, 2.05) is 18.7 Å². The number of aromatic nitrogens is 3. The van der Waals surface area contributed by atoms with Gasteiger partial charge in [0.25, 0.3) is 0 Å². The Morgan fingerprint density at radius 2 is 1.81 bits per heavy atom. The lowest BCUT2D eigenvalue weighted by atomic mass is 10.2. The van der Waals surface area contributed by atoms with Crippen molar-refractivity contribution in [3.8, 4) is 17.1 Å². The molecule has 21 heavy (non-hydrogen) atoms. The number of rotatable bonds is 5. The molecule has 2 aromatic rings. The van der Waals surface area contributed by atoms with E-state index in [2.05, 4.69) is 15.0 Å². The molecule has 1 heterocycles. The van der Waals surface area contributed by atoms with E-state index in [0.717, 1.165) is 13.1 Å². The standard InChI is InChI=1S/C14H16Cl2N4O/c1-4-20(5-2)14-18-12(17-13(16)19-14)10-8-9(15)6-7-11(10)21-3/h6-8H,4-5H2,1-3H3. The van der Waals surface area contributed by atoms with Crippen LogP contribution in [0, 0.1) is 0 Å². The minimum absolute atomic E-state index is 0.143. The number of hydrogen-bond donors (Lipinski definition) is 0. The SMILES string of the molecule is CCN(CC)c1nc(Cl)nc(-c2cc(Cl)ccc2OC)n1. The van der Waals surface area contributed by atoms with E-state index in [1.165, 1.54) is 0 Å². The molecule has 0 fully saturated rings. The molecule has 1 aromatic carbocycles. The average Bonchev–Trinajstić information content (AvgIpc) is 2.48. The van der Waals surface area contributed by atoms with Crippen LogP contribution in [0.1, 0.15) is 13.8 Å². The summed E-state index contributed by atoms with van der Waals surface area (Å²) >= 11 is 12.1. The zero-order valence-electron chi connectivity index (χ0n) is 12.1. The Kier molecular flexibility index (Phi) is 5.20. The van der Waals surface area contributed by atoms with Gasteiger partial charge in [-0.1, -0.05) is 11.6 Å². The number of hydrogen-bond acceptors (Lipinski definition) is 5. The van der Waals surface area contributed by atoms with Gasteiger partial charge in [0.1, 0.15) is 5.75 Å². The highest BCUT2D eigenvalue weighted by atomic mass is 35.5. The molecule has 0 radical (unpaired) electrons. The molecule has 2 rings (SSSR count). The van der Waals surface area contributed by atoms with Gasteiger partial charge in [-0.2, -0.15) is 15.0 Å². The van der Waals surface area contributed by atoms with Crippen LogP contribution in [-0.4, -0.2) is 35.2 Å². The second kappa shape index (κ2) is 6.91. The van der Waals surface area contributed by atoms with Crippen LogP contribution in [0.2, 0.25) is 10.3 Å². The predicted octanol–water partition coefficient (Wildman–Crippen LogP) is 3.70. The first kappa shape index (κ1) is 15.8. The molecule has 0 bridgehead atoms. The highest BCUT2D eigenvalue weighted by Gasteiger charge is 2.15. The highest BCUT2D eigenvalue weighted by molar-refractivity contribution is 6.31. The molecule has 112 valence electrons. The summed E-state index contributed by atoms with van der Waals surface area (Å²) in [6.07, 6.45) is 0. The number of anilines is 1. The minimum atomic E-state index is 0.143. The highest BCUT2D eigenvalue weighted by Crippen LogP contribution is 2.31. The zero-order valence-corrected chi connectivity index (χ0v) is 13.6. The lowest BCUT2D eigenvalue weighted by Crippen LogP contribution is -2.24. The van der Waals surface area contributed by atoms with Gasteiger partial charge in [-0.25, -0.2) is 0 Å². The van der Waals surface area contributed by atoms with Gasteiger partial charge in [-0.3, -0.25) is 0 Å². The van der Waals surface area contributed by atoms with Crippen LogP contribution in [-0.2, 0) is 0 Å². The fourth-order valence-electron chi connectivity index (χ4n) is 1.96. The second-order valence-electron chi connectivity index (χ2n) is 4.24. The van der Waals surface area contributed by atoms with E-state index < -0.39 is 0 Å². The topological polar surface area (TPSA) is 51.1 Å². The number of ether oxygens (including phenoxy) is 1. The summed E-state index contributed by atoms with van der Waals surface area (Å²) in [5.74, 6) is 1.61. The molecule has 0 atom stereocenters. The second-order valence-corrected chi connectivity index (χ2v) is 5.02. The van der Waals surface area contributed by atoms with Gasteiger partial charge in [0.2, 0.25) is 11.2 Å². The normalized spacial score (nSPS) is 10.5. The Morgan fingerprint density at radius 1 is 1.10 bits per heavy atom. The minimum Gasteiger partial charge on any atom is -0.496 e. The van der Waals surface area contributed by atoms with Gasteiger partial charge >= 0.3 is 0 Å². The van der Waals surface area contributed by atoms with Crippen LogP contribution in [0.4, 0.5) is 5.95 Å². The molecule has 0 saturated heterocycles. The number of benzene rings is 1. The number of nitrogens with zero attached hydrogens (tertiary/aromatic N) is 4. The van der Waals surface area contributed by atoms with Crippen molar-refractivity contribution >= 4 is 29.2 Å². The van der Waals surface area contributed by atoms with Crippen LogP contribution in [0.3, 0.4) is 0 Å². The maximum atomic E-state index is 6.05. The first-order chi connectivity index (χ1) is 10.1. The summed E-state index contributed by atoms with van der Waals surface area (Å²) in [5.41, 5.74) is 0.683. The molecule has 0 N–H and O–H groups in total. The molecule has 0 amide bonds. The van der Waals surface area contributed by atoms with Gasteiger partial charge in [0, 0.05) is 18.1 Å². The van der Waals surface area contributed by atoms with Crippen LogP contribution >= 0.6 is 23.2 Å². The van der Waals surface area contributed by atoms with Gasteiger partial charge < -0.3 is 9.64 Å². The van der Waals surface area contributed by atoms with Crippen molar-refractivity contribution in [1.29, 1.82) is 0 Å². The third kappa shape index (κ3) is 3.54. The Hall–Kier alpha value is -1.59. The van der Waals surface area contributed by atoms with Crippen molar-refractivity contribution in [2.45, 2.75) is 13.8 Å². The molecule has 0 aliphatic carbocycles. The van der Waals surface area contributed by atoms with Crippen LogP contribution in [0.5, 0.6) is 5.75 Å². The molecule has 0 spiro atoms. The molecular formula is C14H16Cl2N4O. The van der Waals surface area contributed by atoms with Crippen molar-refractivity contribution < 1.29 is 4.74 Å². The summed E-state index contributed by atoms with van der Waals surface area (Å²) in [7, 11) is 1.58. The van der Waals surface area contributed by atoms with Crippen LogP contribution < -0.4 is 9.64 Å². The van der Waals surface area contributed by atoms with E-state index in [4.69, 9.17) is 27.9 Å². The van der Waals surface area contributed by atoms with Crippen molar-refractivity contribution in [1.82, 2.24) is 15.0 Å². The van der Waals surface area contributed by atoms with E-state index in [9.17, 15) is 0 Å². The molecule has 0 aliphatic rings. The van der Waals surface area contributed by atoms with E-state index in [0.29, 0.717) is 28.1 Å². The van der Waals surface area contributed by atoms with Crippen LogP contribution in [0.15, 0.2) is 18.2 Å². The van der Waals surface area contributed by atoms with Gasteiger partial charge in [-0.15, -0.1) is 0 Å². The average molecular weight is 327 g/mol. The van der Waals surface area contributed by atoms with Crippen molar-refractivity contribution in [2.75, 3.05) is 25.1 Å². The summed E-state index contributed by atoms with van der Waals surface area (Å²) in [6, 6.07) is 5.27. The molecule has 1 aromatic heterocycles. The molecule has 0 unspecified atom stereocenters. The predicted molar refractivity (Wildman–Crippen MR) is 85.4 cm³/mol. The Balaban J connectivity index is 2.56. The maximum Gasteiger partial charge on any atom is 0.230 e. The summed E-state index contributed by atoms with van der Waals surface area (Å²) in [4.78, 5) is 14.8. The largest absolute Gasteiger partial charge is 0.496 e. The molecular weight excluding hydrogens is 311 g/mol. The Morgan fingerprint density at radius 3 is 2.43 bits per heavy atom. The summed E-state index contributed by atoms with van der Waals surface area (Å²) in [5, 5.41) is 0.718.